The number of benzene rings is 1. The molecule has 1 aromatic carbocycles. The number of alkyl halides is 3. The molecule has 0 unspecified atom stereocenters. The van der Waals surface area contributed by atoms with E-state index in [2.05, 4.69) is 15.5 Å². The van der Waals surface area contributed by atoms with Crippen molar-refractivity contribution in [2.24, 2.45) is 0 Å². The van der Waals surface area contributed by atoms with Crippen LogP contribution in [0.3, 0.4) is 0 Å². The number of hydrogen-bond donors (Lipinski definition) is 1. The second-order valence-electron chi connectivity index (χ2n) is 4.15. The first kappa shape index (κ1) is 14.6. The average molecular weight is 306 g/mol. The molecule has 0 amide bonds. The first-order chi connectivity index (χ1) is 9.38. The van der Waals surface area contributed by atoms with Crippen LogP contribution in [-0.2, 0) is 6.54 Å². The molecule has 0 saturated heterocycles. The summed E-state index contributed by atoms with van der Waals surface area (Å²) in [5, 5.41) is 11.3. The Labute approximate surface area is 117 Å². The second-order valence-corrected chi connectivity index (χ2v) is 4.56. The highest BCUT2D eigenvalue weighted by atomic mass is 35.5. The van der Waals surface area contributed by atoms with Gasteiger partial charge in [0.2, 0.25) is 0 Å². The monoisotopic (exact) mass is 305 g/mol. The first-order valence-electron chi connectivity index (χ1n) is 5.76. The van der Waals surface area contributed by atoms with Crippen molar-refractivity contribution in [1.82, 2.24) is 20.2 Å². The summed E-state index contributed by atoms with van der Waals surface area (Å²) in [5.41, 5.74) is 6.59. The SMILES string of the molecule is Nc1cccc(Cl)c1-c1nnnn1CCCC(F)(F)F. The maximum atomic E-state index is 12.1. The third kappa shape index (κ3) is 3.38. The van der Waals surface area contributed by atoms with E-state index < -0.39 is 12.6 Å². The van der Waals surface area contributed by atoms with Gasteiger partial charge in [-0.2, -0.15) is 13.2 Å². The van der Waals surface area contributed by atoms with Gasteiger partial charge in [-0.25, -0.2) is 4.68 Å². The number of aryl methyl sites for hydroxylation is 1. The van der Waals surface area contributed by atoms with Gasteiger partial charge in [-0.05, 0) is 29.0 Å². The normalized spacial score (nSPS) is 11.8. The number of aromatic nitrogens is 4. The molecule has 5 nitrogen and oxygen atoms in total. The molecule has 0 saturated carbocycles. The minimum Gasteiger partial charge on any atom is -0.398 e. The van der Waals surface area contributed by atoms with E-state index in [1.54, 1.807) is 18.2 Å². The number of tetrazole rings is 1. The van der Waals surface area contributed by atoms with Crippen LogP contribution in [0.5, 0.6) is 0 Å². The molecule has 0 radical (unpaired) electrons. The largest absolute Gasteiger partial charge is 0.398 e. The van der Waals surface area contributed by atoms with Crippen molar-refractivity contribution in [1.29, 1.82) is 0 Å². The molecule has 1 aromatic heterocycles. The van der Waals surface area contributed by atoms with Crippen molar-refractivity contribution in [2.75, 3.05) is 5.73 Å². The van der Waals surface area contributed by atoms with Crippen LogP contribution in [0, 0.1) is 0 Å². The van der Waals surface area contributed by atoms with Gasteiger partial charge in [0.25, 0.3) is 0 Å². The lowest BCUT2D eigenvalue weighted by atomic mass is 10.1. The zero-order valence-corrected chi connectivity index (χ0v) is 11.0. The summed E-state index contributed by atoms with van der Waals surface area (Å²) in [6, 6.07) is 4.90. The Morgan fingerprint density at radius 1 is 1.30 bits per heavy atom. The number of nitrogens with zero attached hydrogens (tertiary/aromatic N) is 4. The topological polar surface area (TPSA) is 69.6 Å². The highest BCUT2D eigenvalue weighted by molar-refractivity contribution is 6.33. The van der Waals surface area contributed by atoms with Crippen molar-refractivity contribution in [3.05, 3.63) is 23.2 Å². The molecule has 0 aliphatic heterocycles. The van der Waals surface area contributed by atoms with Crippen molar-refractivity contribution in [3.63, 3.8) is 0 Å². The summed E-state index contributed by atoms with van der Waals surface area (Å²) in [5.74, 6) is 0.260. The lowest BCUT2D eigenvalue weighted by Crippen LogP contribution is -2.11. The van der Waals surface area contributed by atoms with Crippen LogP contribution in [0.2, 0.25) is 5.02 Å². The number of hydrogen-bond acceptors (Lipinski definition) is 4. The van der Waals surface area contributed by atoms with E-state index in [0.29, 0.717) is 16.3 Å². The molecule has 20 heavy (non-hydrogen) atoms. The van der Waals surface area contributed by atoms with Crippen LogP contribution in [0.1, 0.15) is 12.8 Å². The molecule has 2 aromatic rings. The molecular weight excluding hydrogens is 295 g/mol. The van der Waals surface area contributed by atoms with Crippen LogP contribution >= 0.6 is 11.6 Å². The average Bonchev–Trinajstić information content (AvgIpc) is 2.75. The molecule has 1 heterocycles. The predicted molar refractivity (Wildman–Crippen MR) is 68.0 cm³/mol. The molecule has 0 bridgehead atoms. The second kappa shape index (κ2) is 5.66. The number of anilines is 1. The van der Waals surface area contributed by atoms with Gasteiger partial charge >= 0.3 is 6.18 Å². The summed E-state index contributed by atoms with van der Waals surface area (Å²) in [6.07, 6.45) is -5.21. The molecule has 0 aliphatic carbocycles. The van der Waals surface area contributed by atoms with E-state index >= 15 is 0 Å². The van der Waals surface area contributed by atoms with Crippen LogP contribution in [0.25, 0.3) is 11.4 Å². The summed E-state index contributed by atoms with van der Waals surface area (Å²) in [7, 11) is 0. The van der Waals surface area contributed by atoms with E-state index in [0.717, 1.165) is 0 Å². The highest BCUT2D eigenvalue weighted by Crippen LogP contribution is 2.31. The van der Waals surface area contributed by atoms with E-state index in [1.165, 1.54) is 4.68 Å². The van der Waals surface area contributed by atoms with Crippen molar-refractivity contribution >= 4 is 17.3 Å². The Kier molecular flexibility index (Phi) is 4.12. The van der Waals surface area contributed by atoms with Gasteiger partial charge in [0.05, 0.1) is 10.6 Å². The van der Waals surface area contributed by atoms with Gasteiger partial charge < -0.3 is 5.73 Å². The molecule has 0 atom stereocenters. The standard InChI is InChI=1S/C11H11ClF3N5/c12-7-3-1-4-8(16)9(7)10-17-18-19-20(10)6-2-5-11(13,14)15/h1,3-4H,2,5-6,16H2. The van der Waals surface area contributed by atoms with Crippen LogP contribution in [-0.4, -0.2) is 26.4 Å². The fraction of sp³-hybridized carbons (Fsp3) is 0.364. The van der Waals surface area contributed by atoms with E-state index in [1.807, 2.05) is 0 Å². The quantitative estimate of drug-likeness (QED) is 0.882. The number of nitrogen functional groups attached to an aromatic ring is 1. The maximum Gasteiger partial charge on any atom is 0.389 e. The third-order valence-corrected chi connectivity index (χ3v) is 2.95. The number of halogens is 4. The zero-order chi connectivity index (χ0) is 14.8. The molecule has 108 valence electrons. The molecule has 2 N–H and O–H groups in total. The van der Waals surface area contributed by atoms with Gasteiger partial charge in [-0.3, -0.25) is 0 Å². The first-order valence-corrected chi connectivity index (χ1v) is 6.13. The molecule has 2 rings (SSSR count). The van der Waals surface area contributed by atoms with Gasteiger partial charge in [-0.1, -0.05) is 17.7 Å². The Hall–Kier alpha value is -1.83. The fourth-order valence-electron chi connectivity index (χ4n) is 1.74. The minimum absolute atomic E-state index is 0.0342. The van der Waals surface area contributed by atoms with Gasteiger partial charge in [0, 0.05) is 18.7 Å². The summed E-state index contributed by atoms with van der Waals surface area (Å²) < 4.78 is 37.7. The zero-order valence-electron chi connectivity index (χ0n) is 10.2. The van der Waals surface area contributed by atoms with E-state index in [4.69, 9.17) is 17.3 Å². The van der Waals surface area contributed by atoms with E-state index in [-0.39, 0.29) is 18.8 Å². The summed E-state index contributed by atoms with van der Waals surface area (Å²) >= 11 is 6.03. The number of rotatable bonds is 4. The predicted octanol–water partition coefficient (Wildman–Crippen LogP) is 2.92. The summed E-state index contributed by atoms with van der Waals surface area (Å²) in [4.78, 5) is 0. The van der Waals surface area contributed by atoms with Crippen LogP contribution < -0.4 is 5.73 Å². The maximum absolute atomic E-state index is 12.1. The van der Waals surface area contributed by atoms with Crippen molar-refractivity contribution < 1.29 is 13.2 Å². The molecular formula is C11H11ClF3N5. The van der Waals surface area contributed by atoms with Crippen LogP contribution in [0.15, 0.2) is 18.2 Å². The van der Waals surface area contributed by atoms with Gasteiger partial charge in [-0.15, -0.1) is 5.10 Å². The van der Waals surface area contributed by atoms with Gasteiger partial charge in [0.15, 0.2) is 5.82 Å². The Balaban J connectivity index is 2.21. The van der Waals surface area contributed by atoms with Crippen molar-refractivity contribution in [3.8, 4) is 11.4 Å². The molecule has 0 fully saturated rings. The fourth-order valence-corrected chi connectivity index (χ4v) is 2.01. The lowest BCUT2D eigenvalue weighted by molar-refractivity contribution is -0.136. The molecule has 0 spiro atoms. The van der Waals surface area contributed by atoms with Gasteiger partial charge in [0.1, 0.15) is 0 Å². The smallest absolute Gasteiger partial charge is 0.389 e. The lowest BCUT2D eigenvalue weighted by Gasteiger charge is -2.09. The van der Waals surface area contributed by atoms with Crippen molar-refractivity contribution in [2.45, 2.75) is 25.6 Å². The Morgan fingerprint density at radius 2 is 2.05 bits per heavy atom. The third-order valence-electron chi connectivity index (χ3n) is 2.63. The molecule has 9 heteroatoms. The van der Waals surface area contributed by atoms with Crippen LogP contribution in [0.4, 0.5) is 18.9 Å². The van der Waals surface area contributed by atoms with E-state index in [9.17, 15) is 13.2 Å². The molecule has 0 aliphatic rings. The minimum atomic E-state index is -4.20. The Bertz CT molecular complexity index is 576. The Morgan fingerprint density at radius 3 is 2.70 bits per heavy atom. The highest BCUT2D eigenvalue weighted by Gasteiger charge is 2.26. The number of nitrogens with two attached hydrogens (primary N) is 1. The summed E-state index contributed by atoms with van der Waals surface area (Å²) in [6.45, 7) is 0.0342.